The number of benzene rings is 2. The molecule has 1 heterocycles. The van der Waals surface area contributed by atoms with Gasteiger partial charge in [-0.25, -0.2) is 4.79 Å². The third kappa shape index (κ3) is 3.36. The summed E-state index contributed by atoms with van der Waals surface area (Å²) in [5.41, 5.74) is 9.32. The van der Waals surface area contributed by atoms with Crippen molar-refractivity contribution in [1.29, 1.82) is 0 Å². The molecule has 0 radical (unpaired) electrons. The van der Waals surface area contributed by atoms with E-state index in [1.54, 1.807) is 17.0 Å². The van der Waals surface area contributed by atoms with Crippen molar-refractivity contribution >= 4 is 11.9 Å². The molecule has 2 atom stereocenters. The number of rotatable bonds is 4. The molecule has 5 heteroatoms. The van der Waals surface area contributed by atoms with E-state index in [-0.39, 0.29) is 18.0 Å². The number of nitrogens with zero attached hydrogens (tertiary/aromatic N) is 1. The zero-order valence-electron chi connectivity index (χ0n) is 14.5. The molecular weight excluding hydrogens is 314 g/mol. The fourth-order valence-corrected chi connectivity index (χ4v) is 3.18. The first kappa shape index (κ1) is 17.0. The summed E-state index contributed by atoms with van der Waals surface area (Å²) in [6, 6.07) is 14.8. The fraction of sp³-hybridized carbons (Fsp3) is 0.300. The third-order valence-corrected chi connectivity index (χ3v) is 4.76. The van der Waals surface area contributed by atoms with Crippen LogP contribution in [0.25, 0.3) is 0 Å². The highest BCUT2D eigenvalue weighted by Gasteiger charge is 2.33. The largest absolute Gasteiger partial charge is 0.351 e. The Bertz CT molecular complexity index is 786. The van der Waals surface area contributed by atoms with Crippen LogP contribution >= 0.6 is 0 Å². The third-order valence-electron chi connectivity index (χ3n) is 4.76. The molecular formula is C20H23N3O2. The molecule has 2 aromatic rings. The molecule has 0 saturated carbocycles. The first-order valence-corrected chi connectivity index (χ1v) is 8.56. The standard InChI is InChI=1S/C20H23N3O2/c1-3-13(2)22-19(24)15-10-8-14(9-11-15)18-17-7-5-4-6-16(17)12-23(18)20(21)25/h4-11,13,18H,3,12H2,1-2H3,(H2,21,25)(H,22,24)/t13-,18?/m0/s1. The Hall–Kier alpha value is -2.82. The molecule has 0 aromatic heterocycles. The molecule has 25 heavy (non-hydrogen) atoms. The number of urea groups is 1. The predicted octanol–water partition coefficient (Wildman–Crippen LogP) is 3.20. The maximum atomic E-state index is 12.2. The number of primary amides is 1. The zero-order valence-corrected chi connectivity index (χ0v) is 14.5. The monoisotopic (exact) mass is 337 g/mol. The summed E-state index contributed by atoms with van der Waals surface area (Å²) in [5.74, 6) is -0.0838. The molecule has 5 nitrogen and oxygen atoms in total. The van der Waals surface area contributed by atoms with Gasteiger partial charge in [0.2, 0.25) is 0 Å². The fourth-order valence-electron chi connectivity index (χ4n) is 3.18. The van der Waals surface area contributed by atoms with E-state index in [0.717, 1.165) is 23.1 Å². The lowest BCUT2D eigenvalue weighted by Gasteiger charge is -2.24. The molecule has 3 N–H and O–H groups in total. The van der Waals surface area contributed by atoms with Crippen molar-refractivity contribution in [3.63, 3.8) is 0 Å². The second-order valence-electron chi connectivity index (χ2n) is 6.47. The van der Waals surface area contributed by atoms with Crippen molar-refractivity contribution in [3.8, 4) is 0 Å². The highest BCUT2D eigenvalue weighted by atomic mass is 16.2. The van der Waals surface area contributed by atoms with Gasteiger partial charge in [0.1, 0.15) is 0 Å². The highest BCUT2D eigenvalue weighted by molar-refractivity contribution is 5.94. The summed E-state index contributed by atoms with van der Waals surface area (Å²) in [4.78, 5) is 25.7. The van der Waals surface area contributed by atoms with Gasteiger partial charge >= 0.3 is 6.03 Å². The number of fused-ring (bicyclic) bond motifs is 1. The molecule has 2 aromatic carbocycles. The Morgan fingerprint density at radius 3 is 2.52 bits per heavy atom. The van der Waals surface area contributed by atoms with Crippen LogP contribution in [0.3, 0.4) is 0 Å². The molecule has 0 spiro atoms. The number of amides is 3. The molecule has 1 aliphatic rings. The molecule has 0 saturated heterocycles. The topological polar surface area (TPSA) is 75.4 Å². The Morgan fingerprint density at radius 1 is 1.20 bits per heavy atom. The Kier molecular flexibility index (Phi) is 4.74. The van der Waals surface area contributed by atoms with Crippen LogP contribution in [0, 0.1) is 0 Å². The lowest BCUT2D eigenvalue weighted by Crippen LogP contribution is -2.34. The molecule has 3 rings (SSSR count). The minimum atomic E-state index is -0.445. The quantitative estimate of drug-likeness (QED) is 0.899. The van der Waals surface area contributed by atoms with Gasteiger partial charge in [-0.1, -0.05) is 43.3 Å². The van der Waals surface area contributed by atoms with Crippen molar-refractivity contribution in [2.24, 2.45) is 5.73 Å². The van der Waals surface area contributed by atoms with Crippen molar-refractivity contribution in [2.75, 3.05) is 0 Å². The van der Waals surface area contributed by atoms with Crippen LogP contribution in [0.2, 0.25) is 0 Å². The number of carbonyl (C=O) groups excluding carboxylic acids is 2. The van der Waals surface area contributed by atoms with E-state index in [9.17, 15) is 9.59 Å². The summed E-state index contributed by atoms with van der Waals surface area (Å²) in [6.07, 6.45) is 0.885. The zero-order chi connectivity index (χ0) is 18.0. The Labute approximate surface area is 147 Å². The van der Waals surface area contributed by atoms with Crippen molar-refractivity contribution in [2.45, 2.75) is 38.9 Å². The van der Waals surface area contributed by atoms with E-state index in [1.807, 2.05) is 50.2 Å². The number of hydrogen-bond acceptors (Lipinski definition) is 2. The molecule has 0 fully saturated rings. The van der Waals surface area contributed by atoms with Crippen molar-refractivity contribution < 1.29 is 9.59 Å². The second-order valence-corrected chi connectivity index (χ2v) is 6.47. The first-order valence-electron chi connectivity index (χ1n) is 8.56. The van der Waals surface area contributed by atoms with Gasteiger partial charge < -0.3 is 16.0 Å². The average molecular weight is 337 g/mol. The number of carbonyl (C=O) groups is 2. The average Bonchev–Trinajstić information content (AvgIpc) is 3.01. The van der Waals surface area contributed by atoms with E-state index in [4.69, 9.17) is 5.73 Å². The van der Waals surface area contributed by atoms with E-state index in [2.05, 4.69) is 5.32 Å². The highest BCUT2D eigenvalue weighted by Crippen LogP contribution is 2.38. The summed E-state index contributed by atoms with van der Waals surface area (Å²) < 4.78 is 0. The van der Waals surface area contributed by atoms with Gasteiger partial charge in [0.15, 0.2) is 0 Å². The maximum absolute atomic E-state index is 12.2. The lowest BCUT2D eigenvalue weighted by molar-refractivity contribution is 0.0939. The Balaban J connectivity index is 1.88. The van der Waals surface area contributed by atoms with Crippen molar-refractivity contribution in [3.05, 3.63) is 70.8 Å². The van der Waals surface area contributed by atoms with Crippen molar-refractivity contribution in [1.82, 2.24) is 10.2 Å². The van der Waals surface area contributed by atoms with Gasteiger partial charge in [-0.2, -0.15) is 0 Å². The lowest BCUT2D eigenvalue weighted by atomic mass is 9.97. The van der Waals surface area contributed by atoms with Crippen LogP contribution in [0.5, 0.6) is 0 Å². The summed E-state index contributed by atoms with van der Waals surface area (Å²) >= 11 is 0. The van der Waals surface area contributed by atoms with Crippen LogP contribution in [0.1, 0.15) is 53.4 Å². The minimum absolute atomic E-state index is 0.0838. The van der Waals surface area contributed by atoms with Crippen LogP contribution in [0.15, 0.2) is 48.5 Å². The SMILES string of the molecule is CC[C@H](C)NC(=O)c1ccc(C2c3ccccc3CN2C(N)=O)cc1. The smallest absolute Gasteiger partial charge is 0.315 e. The van der Waals surface area contributed by atoms with Gasteiger partial charge in [-0.15, -0.1) is 0 Å². The van der Waals surface area contributed by atoms with Gasteiger partial charge in [-0.05, 0) is 42.2 Å². The van der Waals surface area contributed by atoms with Crippen LogP contribution in [0.4, 0.5) is 4.79 Å². The van der Waals surface area contributed by atoms with Crippen LogP contribution < -0.4 is 11.1 Å². The minimum Gasteiger partial charge on any atom is -0.351 e. The summed E-state index contributed by atoms with van der Waals surface area (Å²) in [6.45, 7) is 4.52. The Morgan fingerprint density at radius 2 is 1.88 bits per heavy atom. The summed E-state index contributed by atoms with van der Waals surface area (Å²) in [5, 5.41) is 2.95. The molecule has 1 unspecified atom stereocenters. The maximum Gasteiger partial charge on any atom is 0.315 e. The van der Waals surface area contributed by atoms with Gasteiger partial charge in [0, 0.05) is 18.2 Å². The number of hydrogen-bond donors (Lipinski definition) is 2. The van der Waals surface area contributed by atoms with E-state index in [0.29, 0.717) is 12.1 Å². The number of nitrogens with one attached hydrogen (secondary N) is 1. The second kappa shape index (κ2) is 6.97. The van der Waals surface area contributed by atoms with Crippen LogP contribution in [-0.2, 0) is 6.54 Å². The van der Waals surface area contributed by atoms with Gasteiger partial charge in [-0.3, -0.25) is 4.79 Å². The molecule has 130 valence electrons. The molecule has 1 aliphatic heterocycles. The van der Waals surface area contributed by atoms with Gasteiger partial charge in [0.05, 0.1) is 6.04 Å². The van der Waals surface area contributed by atoms with Crippen LogP contribution in [-0.4, -0.2) is 22.9 Å². The normalized spacial score (nSPS) is 17.0. The van der Waals surface area contributed by atoms with E-state index < -0.39 is 6.03 Å². The number of nitrogens with two attached hydrogens (primary N) is 1. The van der Waals surface area contributed by atoms with E-state index in [1.165, 1.54) is 0 Å². The molecule has 0 aliphatic carbocycles. The first-order chi connectivity index (χ1) is 12.0. The molecule has 3 amide bonds. The predicted molar refractivity (Wildman–Crippen MR) is 97.1 cm³/mol. The van der Waals surface area contributed by atoms with E-state index >= 15 is 0 Å². The molecule has 0 bridgehead atoms. The van der Waals surface area contributed by atoms with Gasteiger partial charge in [0.25, 0.3) is 5.91 Å². The summed E-state index contributed by atoms with van der Waals surface area (Å²) in [7, 11) is 0.